The Bertz CT molecular complexity index is 576. The van der Waals surface area contributed by atoms with E-state index in [4.69, 9.17) is 23.2 Å². The van der Waals surface area contributed by atoms with Gasteiger partial charge in [-0.2, -0.15) is 0 Å². The summed E-state index contributed by atoms with van der Waals surface area (Å²) in [5.41, 5.74) is 1.63. The van der Waals surface area contributed by atoms with Crippen molar-refractivity contribution in [2.24, 2.45) is 5.92 Å². The molecular formula is C17H18Cl2FN. The number of hydrogen-bond acceptors (Lipinski definition) is 1. The van der Waals surface area contributed by atoms with E-state index in [9.17, 15) is 4.39 Å². The van der Waals surface area contributed by atoms with Crippen LogP contribution in [0.25, 0.3) is 0 Å². The van der Waals surface area contributed by atoms with Crippen molar-refractivity contribution < 1.29 is 4.39 Å². The number of hydrogen-bond donors (Lipinski definition) is 1. The Morgan fingerprint density at radius 2 is 1.71 bits per heavy atom. The van der Waals surface area contributed by atoms with Crippen LogP contribution in [0.1, 0.15) is 31.0 Å². The van der Waals surface area contributed by atoms with Crippen molar-refractivity contribution in [3.8, 4) is 0 Å². The van der Waals surface area contributed by atoms with E-state index in [1.54, 1.807) is 12.1 Å². The molecule has 0 fully saturated rings. The Morgan fingerprint density at radius 3 is 2.29 bits per heavy atom. The third-order valence-electron chi connectivity index (χ3n) is 3.46. The number of nitrogens with one attached hydrogen (secondary N) is 1. The zero-order chi connectivity index (χ0) is 15.4. The van der Waals surface area contributed by atoms with E-state index in [1.165, 1.54) is 6.07 Å². The van der Waals surface area contributed by atoms with Gasteiger partial charge in [0.15, 0.2) is 0 Å². The Kier molecular flexibility index (Phi) is 5.63. The monoisotopic (exact) mass is 325 g/mol. The van der Waals surface area contributed by atoms with Gasteiger partial charge in [0.05, 0.1) is 0 Å². The van der Waals surface area contributed by atoms with Crippen LogP contribution in [0.5, 0.6) is 0 Å². The van der Waals surface area contributed by atoms with Gasteiger partial charge in [-0.1, -0.05) is 55.2 Å². The van der Waals surface area contributed by atoms with Crippen LogP contribution in [-0.4, -0.2) is 0 Å². The molecule has 1 unspecified atom stereocenters. The highest BCUT2D eigenvalue weighted by Gasteiger charge is 2.16. The van der Waals surface area contributed by atoms with E-state index in [2.05, 4.69) is 19.2 Å². The molecule has 0 spiro atoms. The Labute approximate surface area is 135 Å². The van der Waals surface area contributed by atoms with Gasteiger partial charge in [0.1, 0.15) is 5.82 Å². The van der Waals surface area contributed by atoms with Crippen LogP contribution >= 0.6 is 23.2 Å². The molecule has 0 aromatic heterocycles. The minimum Gasteiger partial charge on any atom is -0.305 e. The van der Waals surface area contributed by atoms with Gasteiger partial charge in [-0.15, -0.1) is 0 Å². The van der Waals surface area contributed by atoms with Gasteiger partial charge in [-0.3, -0.25) is 0 Å². The number of benzene rings is 2. The molecule has 2 rings (SSSR count). The van der Waals surface area contributed by atoms with E-state index in [-0.39, 0.29) is 11.9 Å². The SMILES string of the molecule is CC(C)C(NCc1c(F)cccc1Cl)c1ccc(Cl)cc1. The van der Waals surface area contributed by atoms with Crippen molar-refractivity contribution >= 4 is 23.2 Å². The quantitative estimate of drug-likeness (QED) is 0.752. The summed E-state index contributed by atoms with van der Waals surface area (Å²) in [6, 6.07) is 12.6. The zero-order valence-corrected chi connectivity index (χ0v) is 13.5. The molecule has 2 aromatic carbocycles. The fourth-order valence-electron chi connectivity index (χ4n) is 2.32. The first-order valence-electron chi connectivity index (χ1n) is 6.90. The minimum absolute atomic E-state index is 0.109. The number of halogens is 3. The third-order valence-corrected chi connectivity index (χ3v) is 4.06. The molecule has 0 saturated carbocycles. The van der Waals surface area contributed by atoms with E-state index >= 15 is 0 Å². The average molecular weight is 326 g/mol. The van der Waals surface area contributed by atoms with E-state index < -0.39 is 0 Å². The second-order valence-corrected chi connectivity index (χ2v) is 6.20. The Hall–Kier alpha value is -1.09. The molecule has 4 heteroatoms. The van der Waals surface area contributed by atoms with Gasteiger partial charge in [0.25, 0.3) is 0 Å². The maximum absolute atomic E-state index is 13.8. The standard InChI is InChI=1S/C17H18Cl2FN/c1-11(2)17(12-6-8-13(18)9-7-12)21-10-14-15(19)4-3-5-16(14)20/h3-9,11,17,21H,10H2,1-2H3. The first-order valence-corrected chi connectivity index (χ1v) is 7.66. The Balaban J connectivity index is 2.16. The molecule has 0 bridgehead atoms. The highest BCUT2D eigenvalue weighted by Crippen LogP contribution is 2.25. The lowest BCUT2D eigenvalue weighted by atomic mass is 9.96. The molecule has 0 aliphatic rings. The van der Waals surface area contributed by atoms with E-state index in [0.29, 0.717) is 28.1 Å². The van der Waals surface area contributed by atoms with Crippen LogP contribution in [0.2, 0.25) is 10.0 Å². The summed E-state index contributed by atoms with van der Waals surface area (Å²) in [4.78, 5) is 0. The van der Waals surface area contributed by atoms with Crippen molar-refractivity contribution in [2.45, 2.75) is 26.4 Å². The highest BCUT2D eigenvalue weighted by molar-refractivity contribution is 6.31. The van der Waals surface area contributed by atoms with E-state index in [1.807, 2.05) is 24.3 Å². The second-order valence-electron chi connectivity index (χ2n) is 5.35. The average Bonchev–Trinajstić information content (AvgIpc) is 2.43. The van der Waals surface area contributed by atoms with Gasteiger partial charge >= 0.3 is 0 Å². The summed E-state index contributed by atoms with van der Waals surface area (Å²) in [6.07, 6.45) is 0. The topological polar surface area (TPSA) is 12.0 Å². The van der Waals surface area contributed by atoms with Crippen LogP contribution in [0, 0.1) is 11.7 Å². The first-order chi connectivity index (χ1) is 9.99. The fourth-order valence-corrected chi connectivity index (χ4v) is 2.68. The molecular weight excluding hydrogens is 308 g/mol. The summed E-state index contributed by atoms with van der Waals surface area (Å²) < 4.78 is 13.8. The van der Waals surface area contributed by atoms with Crippen LogP contribution in [0.4, 0.5) is 4.39 Å². The van der Waals surface area contributed by atoms with Crippen LogP contribution in [0.15, 0.2) is 42.5 Å². The molecule has 0 aliphatic heterocycles. The Morgan fingerprint density at radius 1 is 1.05 bits per heavy atom. The van der Waals surface area contributed by atoms with Gasteiger partial charge in [0.2, 0.25) is 0 Å². The van der Waals surface area contributed by atoms with Gasteiger partial charge in [0, 0.05) is 28.2 Å². The lowest BCUT2D eigenvalue weighted by molar-refractivity contribution is 0.406. The van der Waals surface area contributed by atoms with Gasteiger partial charge < -0.3 is 5.32 Å². The smallest absolute Gasteiger partial charge is 0.129 e. The van der Waals surface area contributed by atoms with Crippen LogP contribution in [-0.2, 0) is 6.54 Å². The van der Waals surface area contributed by atoms with Crippen LogP contribution < -0.4 is 5.32 Å². The molecule has 1 N–H and O–H groups in total. The molecule has 1 atom stereocenters. The summed E-state index contributed by atoms with van der Waals surface area (Å²) in [7, 11) is 0. The lowest BCUT2D eigenvalue weighted by Gasteiger charge is -2.23. The molecule has 0 aliphatic carbocycles. The summed E-state index contributed by atoms with van der Waals surface area (Å²) in [6.45, 7) is 4.63. The summed E-state index contributed by atoms with van der Waals surface area (Å²) in [5, 5.41) is 4.54. The van der Waals surface area contributed by atoms with Crippen molar-refractivity contribution in [2.75, 3.05) is 0 Å². The predicted molar refractivity (Wildman–Crippen MR) is 87.3 cm³/mol. The molecule has 2 aromatic rings. The second kappa shape index (κ2) is 7.26. The van der Waals surface area contributed by atoms with Crippen molar-refractivity contribution in [3.63, 3.8) is 0 Å². The normalized spacial score (nSPS) is 12.7. The van der Waals surface area contributed by atoms with Crippen LogP contribution in [0.3, 0.4) is 0 Å². The van der Waals surface area contributed by atoms with Crippen molar-refractivity contribution in [1.82, 2.24) is 5.32 Å². The van der Waals surface area contributed by atoms with Gasteiger partial charge in [-0.05, 0) is 35.7 Å². The largest absolute Gasteiger partial charge is 0.305 e. The van der Waals surface area contributed by atoms with Crippen molar-refractivity contribution in [1.29, 1.82) is 0 Å². The molecule has 0 heterocycles. The molecule has 21 heavy (non-hydrogen) atoms. The fraction of sp³-hybridized carbons (Fsp3) is 0.294. The maximum Gasteiger partial charge on any atom is 0.129 e. The maximum atomic E-state index is 13.8. The number of rotatable bonds is 5. The third kappa shape index (κ3) is 4.19. The molecule has 0 saturated heterocycles. The van der Waals surface area contributed by atoms with Gasteiger partial charge in [-0.25, -0.2) is 4.39 Å². The predicted octanol–water partition coefficient (Wildman–Crippen LogP) is 5.62. The summed E-state index contributed by atoms with van der Waals surface area (Å²) in [5.74, 6) is 0.0744. The lowest BCUT2D eigenvalue weighted by Crippen LogP contribution is -2.25. The minimum atomic E-state index is -0.284. The molecule has 0 radical (unpaired) electrons. The zero-order valence-electron chi connectivity index (χ0n) is 12.0. The highest BCUT2D eigenvalue weighted by atomic mass is 35.5. The summed E-state index contributed by atoms with van der Waals surface area (Å²) >= 11 is 12.0. The molecule has 0 amide bonds. The molecule has 112 valence electrons. The molecule has 1 nitrogen and oxygen atoms in total. The van der Waals surface area contributed by atoms with E-state index in [0.717, 1.165) is 5.56 Å². The first kappa shape index (κ1) is 16.3. The van der Waals surface area contributed by atoms with Crippen molar-refractivity contribution in [3.05, 3.63) is 69.5 Å².